The quantitative estimate of drug-likeness (QED) is 0.496. The highest BCUT2D eigenvalue weighted by atomic mass is 79.9. The zero-order chi connectivity index (χ0) is 8.04. The van der Waals surface area contributed by atoms with Crippen LogP contribution in [0, 0.1) is 0 Å². The fraction of sp³-hybridized carbons (Fsp3) is 1.00. The van der Waals surface area contributed by atoms with Crippen molar-refractivity contribution in [2.24, 2.45) is 0 Å². The third-order valence-electron chi connectivity index (χ3n) is 1.31. The molecule has 0 amide bonds. The predicted octanol–water partition coefficient (Wildman–Crippen LogP) is 4.48. The lowest BCUT2D eigenvalue weighted by molar-refractivity contribution is 0.643. The molecule has 0 saturated carbocycles. The highest BCUT2D eigenvalue weighted by Gasteiger charge is 2.17. The van der Waals surface area contributed by atoms with Gasteiger partial charge in [0.25, 0.3) is 0 Å². The largest absolute Gasteiger partial charge is 0.172 e. The molecule has 62 valence electrons. The van der Waals surface area contributed by atoms with E-state index in [-0.39, 0.29) is 0 Å². The molecular formula is C7H13BrCl2. The first-order chi connectivity index (χ1) is 4.56. The Bertz CT molecular complexity index is 78.2. The van der Waals surface area contributed by atoms with E-state index >= 15 is 0 Å². The summed E-state index contributed by atoms with van der Waals surface area (Å²) in [7, 11) is 0. The molecule has 0 heterocycles. The Kier molecular flexibility index (Phi) is 6.28. The Morgan fingerprint density at radius 1 is 1.20 bits per heavy atom. The van der Waals surface area contributed by atoms with E-state index in [1.165, 1.54) is 19.3 Å². The van der Waals surface area contributed by atoms with Gasteiger partial charge in [0.15, 0.2) is 3.24 Å². The van der Waals surface area contributed by atoms with Crippen LogP contribution in [0.3, 0.4) is 0 Å². The van der Waals surface area contributed by atoms with Crippen LogP contribution in [-0.4, -0.2) is 3.24 Å². The highest BCUT2D eigenvalue weighted by molar-refractivity contribution is 9.11. The van der Waals surface area contributed by atoms with Gasteiger partial charge in [0.05, 0.1) is 0 Å². The average Bonchev–Trinajstić information content (AvgIpc) is 1.78. The van der Waals surface area contributed by atoms with Crippen molar-refractivity contribution in [3.8, 4) is 0 Å². The van der Waals surface area contributed by atoms with Gasteiger partial charge < -0.3 is 0 Å². The molecule has 0 aromatic heterocycles. The normalized spacial score (nSPS) is 12.0. The summed E-state index contributed by atoms with van der Waals surface area (Å²) < 4.78 is -0.694. The zero-order valence-electron chi connectivity index (χ0n) is 6.17. The summed E-state index contributed by atoms with van der Waals surface area (Å²) in [4.78, 5) is 0. The molecule has 0 aliphatic rings. The Balaban J connectivity index is 3.04. The van der Waals surface area contributed by atoms with E-state index in [1.807, 2.05) is 0 Å². The van der Waals surface area contributed by atoms with Crippen molar-refractivity contribution in [1.82, 2.24) is 0 Å². The topological polar surface area (TPSA) is 0 Å². The number of rotatable bonds is 5. The SMILES string of the molecule is CCCCCCC(Cl)(Cl)Br. The summed E-state index contributed by atoms with van der Waals surface area (Å²) in [5.74, 6) is 0. The van der Waals surface area contributed by atoms with E-state index in [4.69, 9.17) is 23.2 Å². The van der Waals surface area contributed by atoms with Crippen LogP contribution >= 0.6 is 39.1 Å². The molecular weight excluding hydrogens is 235 g/mol. The maximum Gasteiger partial charge on any atom is 0.172 e. The number of hydrogen-bond acceptors (Lipinski definition) is 0. The zero-order valence-corrected chi connectivity index (χ0v) is 9.27. The molecule has 0 N–H and O–H groups in total. The smallest absolute Gasteiger partial charge is 0.0888 e. The van der Waals surface area contributed by atoms with Crippen molar-refractivity contribution in [1.29, 1.82) is 0 Å². The molecule has 0 bridgehead atoms. The Hall–Kier alpha value is 1.06. The van der Waals surface area contributed by atoms with Gasteiger partial charge in [-0.1, -0.05) is 49.4 Å². The summed E-state index contributed by atoms with van der Waals surface area (Å²) in [6.45, 7) is 2.18. The van der Waals surface area contributed by atoms with Gasteiger partial charge in [-0.15, -0.1) is 0 Å². The van der Waals surface area contributed by atoms with Crippen LogP contribution in [0.4, 0.5) is 0 Å². The molecule has 0 aliphatic heterocycles. The number of hydrogen-bond donors (Lipinski definition) is 0. The second kappa shape index (κ2) is 5.68. The van der Waals surface area contributed by atoms with Gasteiger partial charge in [0.2, 0.25) is 0 Å². The van der Waals surface area contributed by atoms with Gasteiger partial charge in [-0.2, -0.15) is 0 Å². The van der Waals surface area contributed by atoms with Crippen LogP contribution < -0.4 is 0 Å². The molecule has 0 saturated heterocycles. The van der Waals surface area contributed by atoms with Crippen molar-refractivity contribution in [2.45, 2.75) is 42.3 Å². The van der Waals surface area contributed by atoms with Crippen LogP contribution in [0.5, 0.6) is 0 Å². The Labute approximate surface area is 81.4 Å². The molecule has 0 fully saturated rings. The fourth-order valence-corrected chi connectivity index (χ4v) is 1.30. The van der Waals surface area contributed by atoms with Gasteiger partial charge in [-0.25, -0.2) is 0 Å². The number of alkyl halides is 3. The minimum atomic E-state index is -0.694. The van der Waals surface area contributed by atoms with Crippen LogP contribution in [0.15, 0.2) is 0 Å². The monoisotopic (exact) mass is 246 g/mol. The molecule has 0 radical (unpaired) electrons. The van der Waals surface area contributed by atoms with E-state index in [1.54, 1.807) is 0 Å². The lowest BCUT2D eigenvalue weighted by Crippen LogP contribution is -1.99. The van der Waals surface area contributed by atoms with E-state index in [9.17, 15) is 0 Å². The Morgan fingerprint density at radius 3 is 2.20 bits per heavy atom. The van der Waals surface area contributed by atoms with Crippen molar-refractivity contribution in [2.75, 3.05) is 0 Å². The molecule has 0 atom stereocenters. The van der Waals surface area contributed by atoms with Crippen molar-refractivity contribution in [3.63, 3.8) is 0 Å². The minimum absolute atomic E-state index is 0.694. The van der Waals surface area contributed by atoms with Gasteiger partial charge in [0.1, 0.15) is 0 Å². The fourth-order valence-electron chi connectivity index (χ4n) is 0.752. The first kappa shape index (κ1) is 11.1. The number of unbranched alkanes of at least 4 members (excludes halogenated alkanes) is 3. The van der Waals surface area contributed by atoms with Gasteiger partial charge in [-0.05, 0) is 28.8 Å². The molecule has 0 aromatic carbocycles. The molecule has 0 aliphatic carbocycles. The lowest BCUT2D eigenvalue weighted by atomic mass is 10.2. The third-order valence-corrected chi connectivity index (χ3v) is 2.09. The number of halogens is 3. The molecule has 0 rings (SSSR count). The second-order valence-corrected chi connectivity index (χ2v) is 6.18. The lowest BCUT2D eigenvalue weighted by Gasteiger charge is -2.09. The summed E-state index contributed by atoms with van der Waals surface area (Å²) in [5.41, 5.74) is 0. The molecule has 3 heteroatoms. The van der Waals surface area contributed by atoms with Crippen molar-refractivity contribution >= 4 is 39.1 Å². The summed E-state index contributed by atoms with van der Waals surface area (Å²) in [6, 6.07) is 0. The Morgan fingerprint density at radius 2 is 1.80 bits per heavy atom. The van der Waals surface area contributed by atoms with E-state index in [0.717, 1.165) is 12.8 Å². The van der Waals surface area contributed by atoms with Crippen LogP contribution in [0.25, 0.3) is 0 Å². The van der Waals surface area contributed by atoms with Crippen molar-refractivity contribution in [3.05, 3.63) is 0 Å². The molecule has 0 unspecified atom stereocenters. The van der Waals surface area contributed by atoms with Gasteiger partial charge in [-0.3, -0.25) is 0 Å². The minimum Gasteiger partial charge on any atom is -0.0888 e. The predicted molar refractivity (Wildman–Crippen MR) is 52.1 cm³/mol. The van der Waals surface area contributed by atoms with E-state index in [2.05, 4.69) is 22.9 Å². The van der Waals surface area contributed by atoms with Gasteiger partial charge in [0, 0.05) is 0 Å². The van der Waals surface area contributed by atoms with E-state index < -0.39 is 3.24 Å². The maximum absolute atomic E-state index is 5.69. The van der Waals surface area contributed by atoms with Crippen LogP contribution in [-0.2, 0) is 0 Å². The third kappa shape index (κ3) is 9.06. The highest BCUT2D eigenvalue weighted by Crippen LogP contribution is 2.34. The average molecular weight is 248 g/mol. The standard InChI is InChI=1S/C7H13BrCl2/c1-2-3-4-5-6-7(8,9)10/h2-6H2,1H3. The van der Waals surface area contributed by atoms with E-state index in [0.29, 0.717) is 0 Å². The summed E-state index contributed by atoms with van der Waals surface area (Å²) in [6.07, 6.45) is 5.68. The van der Waals surface area contributed by atoms with Gasteiger partial charge >= 0.3 is 0 Å². The molecule has 0 nitrogen and oxygen atoms in total. The van der Waals surface area contributed by atoms with Crippen LogP contribution in [0.2, 0.25) is 0 Å². The first-order valence-corrected chi connectivity index (χ1v) is 5.18. The maximum atomic E-state index is 5.69. The second-order valence-electron chi connectivity index (χ2n) is 2.43. The molecule has 0 aromatic rings. The summed E-state index contributed by atoms with van der Waals surface area (Å²) in [5, 5.41) is 0. The first-order valence-electron chi connectivity index (χ1n) is 3.63. The van der Waals surface area contributed by atoms with Crippen LogP contribution in [0.1, 0.15) is 39.0 Å². The summed E-state index contributed by atoms with van der Waals surface area (Å²) >= 11 is 14.5. The molecule has 0 spiro atoms. The van der Waals surface area contributed by atoms with Crippen molar-refractivity contribution < 1.29 is 0 Å². The molecule has 10 heavy (non-hydrogen) atoms.